The highest BCUT2D eigenvalue weighted by Gasteiger charge is 2.60. The lowest BCUT2D eigenvalue weighted by atomic mass is 9.66. The molecule has 18 heavy (non-hydrogen) atoms. The minimum atomic E-state index is -0.145. The third kappa shape index (κ3) is 1.70. The Morgan fingerprint density at radius 2 is 2.00 bits per heavy atom. The second-order valence-electron chi connectivity index (χ2n) is 7.06. The molecule has 3 heteroatoms. The molecule has 0 aromatic carbocycles. The summed E-state index contributed by atoms with van der Waals surface area (Å²) < 4.78 is 0. The molecule has 0 radical (unpaired) electrons. The molecule has 0 bridgehead atoms. The van der Waals surface area contributed by atoms with Crippen molar-refractivity contribution in [2.24, 2.45) is 11.3 Å². The Morgan fingerprint density at radius 3 is 2.39 bits per heavy atom. The van der Waals surface area contributed by atoms with Gasteiger partial charge in [0.2, 0.25) is 5.91 Å². The molecule has 1 unspecified atom stereocenters. The number of carbonyl (C=O) groups is 1. The van der Waals surface area contributed by atoms with Crippen molar-refractivity contribution >= 4 is 5.91 Å². The Kier molecular flexibility index (Phi) is 2.74. The number of rotatable bonds is 4. The van der Waals surface area contributed by atoms with Crippen molar-refractivity contribution < 1.29 is 4.79 Å². The highest BCUT2D eigenvalue weighted by molar-refractivity contribution is 5.91. The van der Waals surface area contributed by atoms with E-state index >= 15 is 0 Å². The van der Waals surface area contributed by atoms with Gasteiger partial charge in [0, 0.05) is 6.54 Å². The van der Waals surface area contributed by atoms with Gasteiger partial charge in [-0.2, -0.15) is 0 Å². The summed E-state index contributed by atoms with van der Waals surface area (Å²) in [4.78, 5) is 14.8. The lowest BCUT2D eigenvalue weighted by Gasteiger charge is -2.45. The summed E-state index contributed by atoms with van der Waals surface area (Å²) >= 11 is 0. The summed E-state index contributed by atoms with van der Waals surface area (Å²) in [7, 11) is 0. The summed E-state index contributed by atoms with van der Waals surface area (Å²) in [5, 5.41) is 3.61. The standard InChI is InChI=1S/C15H26N2O/c1-4-14(6-5-7-14)10-17-12(11(2)3)16-15(8-9-15)13(17)18/h11-12,16H,4-10H2,1-3H3. The zero-order valence-corrected chi connectivity index (χ0v) is 12.0. The van der Waals surface area contributed by atoms with E-state index in [9.17, 15) is 4.79 Å². The van der Waals surface area contributed by atoms with Crippen LogP contribution in [-0.2, 0) is 4.79 Å². The first-order valence-corrected chi connectivity index (χ1v) is 7.61. The molecule has 1 N–H and O–H groups in total. The maximum absolute atomic E-state index is 12.6. The first-order chi connectivity index (χ1) is 8.52. The van der Waals surface area contributed by atoms with Gasteiger partial charge in [0.15, 0.2) is 0 Å². The van der Waals surface area contributed by atoms with Crippen LogP contribution in [0.4, 0.5) is 0 Å². The number of hydrogen-bond donors (Lipinski definition) is 1. The quantitative estimate of drug-likeness (QED) is 0.831. The van der Waals surface area contributed by atoms with Gasteiger partial charge in [-0.3, -0.25) is 10.1 Å². The molecule has 2 aliphatic carbocycles. The number of nitrogens with one attached hydrogen (secondary N) is 1. The normalized spacial score (nSPS) is 32.1. The molecule has 102 valence electrons. The van der Waals surface area contributed by atoms with Gasteiger partial charge in [-0.1, -0.05) is 27.2 Å². The van der Waals surface area contributed by atoms with E-state index < -0.39 is 0 Å². The van der Waals surface area contributed by atoms with Gasteiger partial charge >= 0.3 is 0 Å². The predicted molar refractivity (Wildman–Crippen MR) is 72.0 cm³/mol. The first-order valence-electron chi connectivity index (χ1n) is 7.61. The van der Waals surface area contributed by atoms with Crippen LogP contribution in [0.1, 0.15) is 59.3 Å². The van der Waals surface area contributed by atoms with E-state index in [4.69, 9.17) is 0 Å². The van der Waals surface area contributed by atoms with Gasteiger partial charge in [-0.05, 0) is 43.4 Å². The van der Waals surface area contributed by atoms with Crippen molar-refractivity contribution in [3.05, 3.63) is 0 Å². The Hall–Kier alpha value is -0.570. The Bertz CT molecular complexity index is 350. The van der Waals surface area contributed by atoms with Crippen LogP contribution in [0.2, 0.25) is 0 Å². The minimum absolute atomic E-state index is 0.145. The van der Waals surface area contributed by atoms with Gasteiger partial charge in [-0.25, -0.2) is 0 Å². The van der Waals surface area contributed by atoms with E-state index in [1.807, 2.05) is 0 Å². The molecule has 1 aliphatic heterocycles. The monoisotopic (exact) mass is 250 g/mol. The Morgan fingerprint density at radius 1 is 1.33 bits per heavy atom. The average molecular weight is 250 g/mol. The van der Waals surface area contributed by atoms with Crippen LogP contribution in [0.15, 0.2) is 0 Å². The van der Waals surface area contributed by atoms with E-state index in [1.54, 1.807) is 0 Å². The van der Waals surface area contributed by atoms with Gasteiger partial charge < -0.3 is 4.90 Å². The fourth-order valence-electron chi connectivity index (χ4n) is 3.67. The van der Waals surface area contributed by atoms with E-state index in [1.165, 1.54) is 25.7 Å². The number of carbonyl (C=O) groups excluding carboxylic acids is 1. The predicted octanol–water partition coefficient (Wildman–Crippen LogP) is 2.51. The van der Waals surface area contributed by atoms with Crippen LogP contribution in [0.25, 0.3) is 0 Å². The van der Waals surface area contributed by atoms with Crippen molar-refractivity contribution in [1.29, 1.82) is 0 Å². The van der Waals surface area contributed by atoms with Crippen LogP contribution in [0.3, 0.4) is 0 Å². The minimum Gasteiger partial charge on any atom is -0.325 e. The van der Waals surface area contributed by atoms with E-state index in [-0.39, 0.29) is 11.7 Å². The van der Waals surface area contributed by atoms with Crippen LogP contribution < -0.4 is 5.32 Å². The SMILES string of the molecule is CCC1(CN2C(=O)C3(CC3)NC2C(C)C)CCC1. The van der Waals surface area contributed by atoms with Gasteiger partial charge in [-0.15, -0.1) is 0 Å². The molecular formula is C15H26N2O. The average Bonchev–Trinajstić information content (AvgIpc) is 3.00. The lowest BCUT2D eigenvalue weighted by Crippen LogP contribution is -2.49. The summed E-state index contributed by atoms with van der Waals surface area (Å²) in [6, 6.07) is 0. The molecule has 1 atom stereocenters. The number of amides is 1. The largest absolute Gasteiger partial charge is 0.325 e. The molecule has 3 aliphatic rings. The zero-order chi connectivity index (χ0) is 13.0. The fraction of sp³-hybridized carbons (Fsp3) is 0.933. The third-order valence-electron chi connectivity index (χ3n) is 5.48. The maximum atomic E-state index is 12.6. The molecule has 1 heterocycles. The van der Waals surface area contributed by atoms with Crippen molar-refractivity contribution in [1.82, 2.24) is 10.2 Å². The number of hydrogen-bond acceptors (Lipinski definition) is 2. The van der Waals surface area contributed by atoms with Crippen LogP contribution >= 0.6 is 0 Å². The Balaban J connectivity index is 1.77. The molecule has 0 aromatic heterocycles. The second-order valence-corrected chi connectivity index (χ2v) is 7.06. The lowest BCUT2D eigenvalue weighted by molar-refractivity contribution is -0.134. The van der Waals surface area contributed by atoms with Crippen molar-refractivity contribution in [2.45, 2.75) is 71.0 Å². The molecule has 1 saturated heterocycles. The van der Waals surface area contributed by atoms with Crippen molar-refractivity contribution in [3.8, 4) is 0 Å². The second kappa shape index (κ2) is 3.96. The summed E-state index contributed by atoms with van der Waals surface area (Å²) in [6.45, 7) is 7.71. The van der Waals surface area contributed by atoms with E-state index in [0.29, 0.717) is 17.2 Å². The maximum Gasteiger partial charge on any atom is 0.244 e. The van der Waals surface area contributed by atoms with Crippen LogP contribution in [0, 0.1) is 11.3 Å². The summed E-state index contributed by atoms with van der Waals surface area (Å²) in [6.07, 6.45) is 7.55. The molecular weight excluding hydrogens is 224 g/mol. The van der Waals surface area contributed by atoms with Gasteiger partial charge in [0.25, 0.3) is 0 Å². The third-order valence-corrected chi connectivity index (χ3v) is 5.48. The van der Waals surface area contributed by atoms with Crippen LogP contribution in [0.5, 0.6) is 0 Å². The van der Waals surface area contributed by atoms with E-state index in [0.717, 1.165) is 19.4 Å². The highest BCUT2D eigenvalue weighted by atomic mass is 16.2. The van der Waals surface area contributed by atoms with Gasteiger partial charge in [0.1, 0.15) is 0 Å². The summed E-state index contributed by atoms with van der Waals surface area (Å²) in [5.41, 5.74) is 0.290. The van der Waals surface area contributed by atoms with Gasteiger partial charge in [0.05, 0.1) is 11.7 Å². The molecule has 3 nitrogen and oxygen atoms in total. The highest BCUT2D eigenvalue weighted by Crippen LogP contribution is 2.48. The Labute approximate surface area is 110 Å². The molecule has 1 spiro atoms. The zero-order valence-electron chi connectivity index (χ0n) is 12.0. The molecule has 2 saturated carbocycles. The molecule has 1 amide bonds. The first kappa shape index (κ1) is 12.5. The fourth-order valence-corrected chi connectivity index (χ4v) is 3.67. The molecule has 3 fully saturated rings. The molecule has 0 aromatic rings. The summed E-state index contributed by atoms with van der Waals surface area (Å²) in [5.74, 6) is 0.892. The topological polar surface area (TPSA) is 32.3 Å². The van der Waals surface area contributed by atoms with Crippen molar-refractivity contribution in [3.63, 3.8) is 0 Å². The van der Waals surface area contributed by atoms with Crippen molar-refractivity contribution in [2.75, 3.05) is 6.54 Å². The van der Waals surface area contributed by atoms with E-state index in [2.05, 4.69) is 31.0 Å². The smallest absolute Gasteiger partial charge is 0.244 e. The molecule has 3 rings (SSSR count). The number of nitrogens with zero attached hydrogens (tertiary/aromatic N) is 1. The van der Waals surface area contributed by atoms with Crippen LogP contribution in [-0.4, -0.2) is 29.1 Å².